The number of benzene rings is 2. The number of alkyl halides is 3. The number of carbonyl (C=O) groups is 2. The molecule has 0 aliphatic carbocycles. The number of nitrogens with zero attached hydrogens (tertiary/aromatic N) is 3. The van der Waals surface area contributed by atoms with Crippen LogP contribution < -0.4 is 10.6 Å². The molecule has 41 heavy (non-hydrogen) atoms. The van der Waals surface area contributed by atoms with Crippen molar-refractivity contribution in [3.63, 3.8) is 0 Å². The van der Waals surface area contributed by atoms with E-state index in [0.717, 1.165) is 11.6 Å². The van der Waals surface area contributed by atoms with Gasteiger partial charge in [0.1, 0.15) is 23.0 Å². The molecule has 2 atom stereocenters. The molecule has 0 radical (unpaired) electrons. The number of pyridine rings is 1. The Hall–Kier alpha value is -4.41. The van der Waals surface area contributed by atoms with Crippen LogP contribution in [0.25, 0.3) is 11.2 Å². The maximum absolute atomic E-state index is 13.7. The smallest absolute Gasteiger partial charge is 0.416 e. The van der Waals surface area contributed by atoms with Gasteiger partial charge in [-0.3, -0.25) is 4.79 Å². The molecule has 0 spiro atoms. The lowest BCUT2D eigenvalue weighted by Gasteiger charge is -2.24. The average molecular weight is 568 g/mol. The lowest BCUT2D eigenvalue weighted by molar-refractivity contribution is -0.138. The number of rotatable bonds is 8. The predicted molar refractivity (Wildman–Crippen MR) is 148 cm³/mol. The molecule has 2 N–H and O–H groups in total. The molecule has 0 saturated carbocycles. The largest absolute Gasteiger partial charge is 0.444 e. The molecule has 216 valence electrons. The number of imidazole rings is 1. The molecule has 2 heterocycles. The first kappa shape index (κ1) is 29.6. The highest BCUT2D eigenvalue weighted by atomic mass is 19.4. The van der Waals surface area contributed by atoms with Gasteiger partial charge in [0.15, 0.2) is 5.65 Å². The van der Waals surface area contributed by atoms with Crippen LogP contribution in [-0.2, 0) is 28.7 Å². The lowest BCUT2D eigenvalue weighted by atomic mass is 9.99. The van der Waals surface area contributed by atoms with Gasteiger partial charge < -0.3 is 19.9 Å². The van der Waals surface area contributed by atoms with Crippen molar-refractivity contribution in [3.05, 3.63) is 95.4 Å². The lowest BCUT2D eigenvalue weighted by Crippen LogP contribution is -2.49. The van der Waals surface area contributed by atoms with Gasteiger partial charge in [-0.2, -0.15) is 13.2 Å². The second-order valence-electron chi connectivity index (χ2n) is 10.6. The van der Waals surface area contributed by atoms with Gasteiger partial charge in [0, 0.05) is 12.6 Å². The van der Waals surface area contributed by atoms with E-state index in [1.165, 1.54) is 18.2 Å². The van der Waals surface area contributed by atoms with Crippen LogP contribution in [0.5, 0.6) is 0 Å². The minimum Gasteiger partial charge on any atom is -0.444 e. The van der Waals surface area contributed by atoms with Crippen molar-refractivity contribution in [3.8, 4) is 0 Å². The van der Waals surface area contributed by atoms with Crippen LogP contribution in [0.1, 0.15) is 56.3 Å². The van der Waals surface area contributed by atoms with E-state index in [1.807, 2.05) is 47.9 Å². The number of hydrogen-bond donors (Lipinski definition) is 2. The average Bonchev–Trinajstić information content (AvgIpc) is 3.28. The SMILES string of the molecule is C[C@@H](c1ccccc1)n1c(CNC(=O)[C@@H](Cc2ccccc2C(F)(F)F)NC(=O)OC(C)(C)C)nc2cccnc21. The second-order valence-corrected chi connectivity index (χ2v) is 10.6. The van der Waals surface area contributed by atoms with E-state index in [4.69, 9.17) is 4.74 Å². The van der Waals surface area contributed by atoms with Gasteiger partial charge in [0.25, 0.3) is 0 Å². The van der Waals surface area contributed by atoms with E-state index in [0.29, 0.717) is 17.0 Å². The van der Waals surface area contributed by atoms with Crippen LogP contribution in [0.4, 0.5) is 18.0 Å². The van der Waals surface area contributed by atoms with Gasteiger partial charge in [0.2, 0.25) is 5.91 Å². The molecule has 0 fully saturated rings. The van der Waals surface area contributed by atoms with Crippen LogP contribution in [-0.4, -0.2) is 38.2 Å². The molecule has 2 aromatic heterocycles. The quantitative estimate of drug-likeness (QED) is 0.280. The monoisotopic (exact) mass is 567 g/mol. The zero-order chi connectivity index (χ0) is 29.8. The summed E-state index contributed by atoms with van der Waals surface area (Å²) in [4.78, 5) is 35.1. The first-order valence-corrected chi connectivity index (χ1v) is 13.1. The number of hydrogen-bond acceptors (Lipinski definition) is 5. The number of fused-ring (bicyclic) bond motifs is 1. The Morgan fingerprint density at radius 2 is 1.66 bits per heavy atom. The standard InChI is InChI=1S/C30H32F3N5O3/c1-19(20-11-6-5-7-12-20)38-25(36-23-15-10-16-34-26(23)38)18-35-27(39)24(37-28(40)41-29(2,3)4)17-21-13-8-9-14-22(21)30(31,32)33/h5-16,19,24H,17-18H2,1-4H3,(H,35,39)(H,37,40)/t19-,24+/m0/s1. The summed E-state index contributed by atoms with van der Waals surface area (Å²) < 4.78 is 48.2. The molecule has 0 aliphatic heterocycles. The number of carbonyl (C=O) groups excluding carboxylic acids is 2. The van der Waals surface area contributed by atoms with Crippen molar-refractivity contribution >= 4 is 23.2 Å². The Morgan fingerprint density at radius 3 is 2.34 bits per heavy atom. The normalized spacial score (nSPS) is 13.4. The van der Waals surface area contributed by atoms with Crippen molar-refractivity contribution in [2.24, 2.45) is 0 Å². The van der Waals surface area contributed by atoms with E-state index < -0.39 is 41.8 Å². The number of amides is 2. The van der Waals surface area contributed by atoms with Gasteiger partial charge >= 0.3 is 12.3 Å². The molecule has 2 amide bonds. The van der Waals surface area contributed by atoms with Crippen LogP contribution in [0, 0.1) is 0 Å². The number of ether oxygens (including phenoxy) is 1. The summed E-state index contributed by atoms with van der Waals surface area (Å²) in [6.45, 7) is 6.87. The maximum Gasteiger partial charge on any atom is 0.416 e. The van der Waals surface area contributed by atoms with Crippen molar-refractivity contribution in [1.29, 1.82) is 0 Å². The Balaban J connectivity index is 1.62. The minimum atomic E-state index is -4.63. The number of aromatic nitrogens is 3. The van der Waals surface area contributed by atoms with Crippen molar-refractivity contribution in [1.82, 2.24) is 25.2 Å². The molecule has 2 aromatic carbocycles. The third kappa shape index (κ3) is 7.41. The topological polar surface area (TPSA) is 98.1 Å². The summed E-state index contributed by atoms with van der Waals surface area (Å²) in [5.41, 5.74) is 0.357. The van der Waals surface area contributed by atoms with Crippen molar-refractivity contribution < 1.29 is 27.5 Å². The summed E-state index contributed by atoms with van der Waals surface area (Å²) in [6, 6.07) is 16.7. The fraction of sp³-hybridized carbons (Fsp3) is 0.333. The molecule has 4 rings (SSSR count). The molecular formula is C30H32F3N5O3. The van der Waals surface area contributed by atoms with E-state index >= 15 is 0 Å². The fourth-order valence-electron chi connectivity index (χ4n) is 4.53. The molecule has 0 saturated heterocycles. The Kier molecular flexibility index (Phi) is 8.65. The molecule has 8 nitrogen and oxygen atoms in total. The highest BCUT2D eigenvalue weighted by molar-refractivity contribution is 5.86. The van der Waals surface area contributed by atoms with Gasteiger partial charge in [-0.25, -0.2) is 14.8 Å². The highest BCUT2D eigenvalue weighted by Gasteiger charge is 2.35. The van der Waals surface area contributed by atoms with E-state index in [1.54, 1.807) is 33.0 Å². The fourth-order valence-corrected chi connectivity index (χ4v) is 4.53. The number of alkyl carbamates (subject to hydrolysis) is 1. The molecule has 0 bridgehead atoms. The minimum absolute atomic E-state index is 0.0558. The summed E-state index contributed by atoms with van der Waals surface area (Å²) >= 11 is 0. The molecule has 11 heteroatoms. The van der Waals surface area contributed by atoms with E-state index in [2.05, 4.69) is 20.6 Å². The Morgan fingerprint density at radius 1 is 0.976 bits per heavy atom. The third-order valence-electron chi connectivity index (χ3n) is 6.37. The molecular weight excluding hydrogens is 535 g/mol. The molecule has 0 aliphatic rings. The molecule has 0 unspecified atom stereocenters. The predicted octanol–water partition coefficient (Wildman–Crippen LogP) is 5.81. The van der Waals surface area contributed by atoms with Crippen LogP contribution in [0.2, 0.25) is 0 Å². The highest BCUT2D eigenvalue weighted by Crippen LogP contribution is 2.32. The van der Waals surface area contributed by atoms with Crippen molar-refractivity contribution in [2.45, 2.75) is 64.5 Å². The second kappa shape index (κ2) is 12.0. The Labute approximate surface area is 235 Å². The van der Waals surface area contributed by atoms with Crippen LogP contribution in [0.3, 0.4) is 0 Å². The van der Waals surface area contributed by atoms with E-state index in [9.17, 15) is 22.8 Å². The zero-order valence-electron chi connectivity index (χ0n) is 23.2. The number of halogens is 3. The van der Waals surface area contributed by atoms with Gasteiger partial charge in [-0.05, 0) is 57.0 Å². The zero-order valence-corrected chi connectivity index (χ0v) is 23.2. The van der Waals surface area contributed by atoms with Gasteiger partial charge in [0.05, 0.1) is 18.2 Å². The van der Waals surface area contributed by atoms with Crippen LogP contribution in [0.15, 0.2) is 72.9 Å². The summed E-state index contributed by atoms with van der Waals surface area (Å²) in [5.74, 6) is -0.193. The van der Waals surface area contributed by atoms with Crippen LogP contribution >= 0.6 is 0 Å². The third-order valence-corrected chi connectivity index (χ3v) is 6.37. The number of nitrogens with one attached hydrogen (secondary N) is 2. The maximum atomic E-state index is 13.7. The van der Waals surface area contributed by atoms with Crippen molar-refractivity contribution in [2.75, 3.05) is 0 Å². The first-order chi connectivity index (χ1) is 19.3. The Bertz CT molecular complexity index is 1510. The van der Waals surface area contributed by atoms with Gasteiger partial charge in [-0.15, -0.1) is 0 Å². The summed E-state index contributed by atoms with van der Waals surface area (Å²) in [5, 5.41) is 5.20. The summed E-state index contributed by atoms with van der Waals surface area (Å²) in [7, 11) is 0. The molecule has 4 aromatic rings. The summed E-state index contributed by atoms with van der Waals surface area (Å²) in [6.07, 6.45) is -4.30. The van der Waals surface area contributed by atoms with Gasteiger partial charge in [-0.1, -0.05) is 48.5 Å². The van der Waals surface area contributed by atoms with E-state index in [-0.39, 0.29) is 18.2 Å². The first-order valence-electron chi connectivity index (χ1n) is 13.1.